The Morgan fingerprint density at radius 1 is 1.35 bits per heavy atom. The van der Waals surface area contributed by atoms with E-state index in [4.69, 9.17) is 21.4 Å². The number of imidazole rings is 1. The van der Waals surface area contributed by atoms with Gasteiger partial charge in [0, 0.05) is 31.8 Å². The lowest BCUT2D eigenvalue weighted by Crippen LogP contribution is -2.42. The molecular formula is C22H22ClF2N9O3. The third-order valence-electron chi connectivity index (χ3n) is 6.19. The molecule has 2 aromatic heterocycles. The van der Waals surface area contributed by atoms with Crippen LogP contribution in [0.3, 0.4) is 0 Å². The fourth-order valence-electron chi connectivity index (χ4n) is 4.23. The molecule has 2 fully saturated rings. The Kier molecular flexibility index (Phi) is 6.57. The highest BCUT2D eigenvalue weighted by atomic mass is 35.5. The summed E-state index contributed by atoms with van der Waals surface area (Å²) in [6, 6.07) is 4.12. The van der Waals surface area contributed by atoms with E-state index in [1.807, 2.05) is 6.07 Å². The predicted molar refractivity (Wildman–Crippen MR) is 130 cm³/mol. The molecule has 15 heteroatoms. The summed E-state index contributed by atoms with van der Waals surface area (Å²) in [5, 5.41) is 31.5. The number of nitrogens with zero attached hydrogens (tertiary/aromatic N) is 6. The van der Waals surface area contributed by atoms with Gasteiger partial charge in [0.15, 0.2) is 17.2 Å². The number of alkyl halides is 2. The van der Waals surface area contributed by atoms with Gasteiger partial charge in [0.2, 0.25) is 5.95 Å². The molecule has 0 unspecified atom stereocenters. The standard InChI is InChI=1S/C22H22ClF2N9O3/c1-37-16-9-33(8-14(16)30-22(35)36)15-5-10(18(24)25)4-13(17(15)23)29-21-31-19(28-11-2-3-11)20-27-7-12(6-26)34(20)32-21/h4-5,7,11,14,16,18,30H,2-3,8-9H2,1H3,(H,35,36)(H2,28,29,31,32)/t14-,16-/m0/s1. The second-order valence-electron chi connectivity index (χ2n) is 8.76. The average molecular weight is 534 g/mol. The molecule has 1 aliphatic carbocycles. The molecule has 1 saturated heterocycles. The topological polar surface area (TPSA) is 153 Å². The number of halogens is 3. The van der Waals surface area contributed by atoms with Crippen molar-refractivity contribution in [2.45, 2.75) is 37.5 Å². The van der Waals surface area contributed by atoms with Crippen LogP contribution in [0.1, 0.15) is 30.5 Å². The van der Waals surface area contributed by atoms with Crippen LogP contribution in [-0.4, -0.2) is 69.2 Å². The van der Waals surface area contributed by atoms with Gasteiger partial charge in [0.1, 0.15) is 6.07 Å². The zero-order chi connectivity index (χ0) is 26.3. The highest BCUT2D eigenvalue weighted by molar-refractivity contribution is 6.36. The second-order valence-corrected chi connectivity index (χ2v) is 9.13. The summed E-state index contributed by atoms with van der Waals surface area (Å²) in [5.74, 6) is 0.416. The van der Waals surface area contributed by atoms with Gasteiger partial charge in [-0.3, -0.25) is 0 Å². The minimum atomic E-state index is -2.81. The lowest BCUT2D eigenvalue weighted by molar-refractivity contribution is 0.0949. The van der Waals surface area contributed by atoms with Gasteiger partial charge >= 0.3 is 6.09 Å². The molecule has 1 aliphatic heterocycles. The van der Waals surface area contributed by atoms with Crippen molar-refractivity contribution in [2.75, 3.05) is 35.7 Å². The number of hydrogen-bond acceptors (Lipinski definition) is 9. The largest absolute Gasteiger partial charge is 0.465 e. The van der Waals surface area contributed by atoms with Crippen LogP contribution in [0.25, 0.3) is 5.65 Å². The molecule has 0 radical (unpaired) electrons. The molecule has 3 aromatic rings. The van der Waals surface area contributed by atoms with E-state index in [-0.39, 0.29) is 52.7 Å². The SMILES string of the molecule is CO[C@H]1CN(c2cc(C(F)F)cc(Nc3nc(NC4CC4)c4ncc(C#N)n4n3)c2Cl)C[C@@H]1NC(=O)O. The number of anilines is 4. The number of benzene rings is 1. The second kappa shape index (κ2) is 9.83. The van der Waals surface area contributed by atoms with Crippen molar-refractivity contribution in [1.82, 2.24) is 24.9 Å². The lowest BCUT2D eigenvalue weighted by Gasteiger charge is -2.23. The maximum Gasteiger partial charge on any atom is 0.405 e. The zero-order valence-electron chi connectivity index (χ0n) is 19.5. The number of carbonyl (C=O) groups is 1. The van der Waals surface area contributed by atoms with E-state index >= 15 is 0 Å². The van der Waals surface area contributed by atoms with E-state index in [1.165, 1.54) is 30.0 Å². The minimum absolute atomic E-state index is 0.0195. The van der Waals surface area contributed by atoms with Crippen LogP contribution in [0.2, 0.25) is 5.02 Å². The first-order chi connectivity index (χ1) is 17.8. The molecular weight excluding hydrogens is 512 g/mol. The van der Waals surface area contributed by atoms with Gasteiger partial charge in [0.25, 0.3) is 6.43 Å². The molecule has 2 aliphatic rings. The molecule has 0 bridgehead atoms. The number of rotatable bonds is 8. The smallest absolute Gasteiger partial charge is 0.405 e. The molecule has 3 heterocycles. The van der Waals surface area contributed by atoms with E-state index in [1.54, 1.807) is 4.90 Å². The summed E-state index contributed by atoms with van der Waals surface area (Å²) in [4.78, 5) is 21.5. The molecule has 5 rings (SSSR count). The predicted octanol–water partition coefficient (Wildman–Crippen LogP) is 3.38. The number of hydrogen-bond donors (Lipinski definition) is 4. The lowest BCUT2D eigenvalue weighted by atomic mass is 10.1. The van der Waals surface area contributed by atoms with Crippen LogP contribution in [-0.2, 0) is 4.74 Å². The number of amides is 1. The number of ether oxygens (including phenoxy) is 1. The molecule has 4 N–H and O–H groups in total. The van der Waals surface area contributed by atoms with E-state index in [2.05, 4.69) is 31.0 Å². The van der Waals surface area contributed by atoms with Crippen LogP contribution < -0.4 is 20.9 Å². The molecule has 0 spiro atoms. The first-order valence-corrected chi connectivity index (χ1v) is 11.7. The van der Waals surface area contributed by atoms with E-state index in [9.17, 15) is 18.8 Å². The number of methoxy groups -OCH3 is 1. The summed E-state index contributed by atoms with van der Waals surface area (Å²) in [6.45, 7) is 0.390. The Balaban J connectivity index is 1.52. The number of nitriles is 1. The van der Waals surface area contributed by atoms with Crippen molar-refractivity contribution in [1.29, 1.82) is 5.26 Å². The van der Waals surface area contributed by atoms with Crippen molar-refractivity contribution >= 4 is 46.5 Å². The Bertz CT molecular complexity index is 1390. The van der Waals surface area contributed by atoms with Crippen molar-refractivity contribution in [3.63, 3.8) is 0 Å². The van der Waals surface area contributed by atoms with Gasteiger partial charge in [-0.05, 0) is 25.0 Å². The molecule has 1 saturated carbocycles. The summed E-state index contributed by atoms with van der Waals surface area (Å²) in [6.07, 6.45) is -1.23. The fraction of sp³-hybridized carbons (Fsp3) is 0.409. The molecule has 37 heavy (non-hydrogen) atoms. The fourth-order valence-corrected chi connectivity index (χ4v) is 4.51. The van der Waals surface area contributed by atoms with Gasteiger partial charge in [-0.25, -0.2) is 18.6 Å². The molecule has 1 aromatic carbocycles. The molecule has 1 amide bonds. The Labute approximate surface area is 214 Å². The monoisotopic (exact) mass is 533 g/mol. The maximum absolute atomic E-state index is 13.9. The van der Waals surface area contributed by atoms with Gasteiger partial charge in [-0.2, -0.15) is 14.8 Å². The number of aromatic nitrogens is 4. The molecule has 12 nitrogen and oxygen atoms in total. The summed E-state index contributed by atoms with van der Waals surface area (Å²) >= 11 is 6.68. The first-order valence-electron chi connectivity index (χ1n) is 11.4. The summed E-state index contributed by atoms with van der Waals surface area (Å²) in [5.41, 5.74) is 0.627. The Morgan fingerprint density at radius 3 is 2.78 bits per heavy atom. The van der Waals surface area contributed by atoms with Gasteiger partial charge in [-0.15, -0.1) is 5.10 Å². The van der Waals surface area contributed by atoms with Crippen LogP contribution in [0, 0.1) is 11.3 Å². The molecule has 2 atom stereocenters. The third-order valence-corrected chi connectivity index (χ3v) is 6.58. The number of carboxylic acid groups (broad SMARTS) is 1. The normalized spacial score (nSPS) is 19.3. The van der Waals surface area contributed by atoms with E-state index < -0.39 is 24.7 Å². The zero-order valence-corrected chi connectivity index (χ0v) is 20.2. The average Bonchev–Trinajstić information content (AvgIpc) is 3.43. The highest BCUT2D eigenvalue weighted by Crippen LogP contribution is 2.40. The van der Waals surface area contributed by atoms with Crippen molar-refractivity contribution in [3.8, 4) is 6.07 Å². The van der Waals surface area contributed by atoms with Gasteiger partial charge in [0.05, 0.1) is 34.7 Å². The third kappa shape index (κ3) is 5.00. The van der Waals surface area contributed by atoms with Gasteiger partial charge in [-0.1, -0.05) is 11.6 Å². The summed E-state index contributed by atoms with van der Waals surface area (Å²) in [7, 11) is 1.45. The van der Waals surface area contributed by atoms with Crippen LogP contribution in [0.4, 0.5) is 36.7 Å². The quantitative estimate of drug-likeness (QED) is 0.339. The Hall–Kier alpha value is -3.96. The number of nitrogens with one attached hydrogen (secondary N) is 3. The van der Waals surface area contributed by atoms with Crippen molar-refractivity contribution in [3.05, 3.63) is 34.6 Å². The first kappa shape index (κ1) is 24.7. The minimum Gasteiger partial charge on any atom is -0.465 e. The van der Waals surface area contributed by atoms with E-state index in [0.717, 1.165) is 12.8 Å². The van der Waals surface area contributed by atoms with Crippen LogP contribution in [0.15, 0.2) is 18.3 Å². The van der Waals surface area contributed by atoms with Gasteiger partial charge < -0.3 is 30.7 Å². The highest BCUT2D eigenvalue weighted by Gasteiger charge is 2.36. The summed E-state index contributed by atoms with van der Waals surface area (Å²) < 4.78 is 34.4. The van der Waals surface area contributed by atoms with Crippen LogP contribution >= 0.6 is 11.6 Å². The van der Waals surface area contributed by atoms with Crippen molar-refractivity contribution in [2.24, 2.45) is 0 Å². The number of fused-ring (bicyclic) bond motifs is 1. The van der Waals surface area contributed by atoms with E-state index in [0.29, 0.717) is 11.5 Å². The Morgan fingerprint density at radius 2 is 2.14 bits per heavy atom. The van der Waals surface area contributed by atoms with Crippen LogP contribution in [0.5, 0.6) is 0 Å². The maximum atomic E-state index is 13.9. The van der Waals surface area contributed by atoms with Crippen molar-refractivity contribution < 1.29 is 23.4 Å². The molecule has 194 valence electrons.